The third kappa shape index (κ3) is 7.01. The molecule has 0 aliphatic carbocycles. The van der Waals surface area contributed by atoms with Gasteiger partial charge in [-0.2, -0.15) is 0 Å². The van der Waals surface area contributed by atoms with Gasteiger partial charge in [0.05, 0.1) is 24.6 Å². The van der Waals surface area contributed by atoms with Gasteiger partial charge in [-0.05, 0) is 67.6 Å². The maximum atomic E-state index is 14.2. The minimum atomic E-state index is -0.709. The number of hydrogen-bond donors (Lipinski definition) is 1. The van der Waals surface area contributed by atoms with E-state index in [9.17, 15) is 28.4 Å². The number of halogens is 1. The van der Waals surface area contributed by atoms with Crippen molar-refractivity contribution < 1.29 is 42.6 Å². The van der Waals surface area contributed by atoms with Crippen molar-refractivity contribution in [1.82, 2.24) is 30.0 Å². The SMILES string of the molecule is COc1cc2c(Oc3ccccc3F)ncnc2cc1OCCCC(=O)N1CC2(CCN(C(=O)c3ccc4c(c3)CN(C3CCC(=O)NC3=O)C4=O)CC2)C1. The molecule has 0 saturated carbocycles. The zero-order chi connectivity index (χ0) is 38.3. The summed E-state index contributed by atoms with van der Waals surface area (Å²) in [6.45, 7) is 2.94. The van der Waals surface area contributed by atoms with Crippen molar-refractivity contribution in [3.63, 3.8) is 0 Å². The van der Waals surface area contributed by atoms with Crippen molar-refractivity contribution >= 4 is 40.4 Å². The first-order chi connectivity index (χ1) is 26.6. The molecule has 284 valence electrons. The van der Waals surface area contributed by atoms with Crippen molar-refractivity contribution in [2.24, 2.45) is 5.41 Å². The van der Waals surface area contributed by atoms with Gasteiger partial charge in [0.2, 0.25) is 23.6 Å². The van der Waals surface area contributed by atoms with E-state index >= 15 is 0 Å². The van der Waals surface area contributed by atoms with E-state index in [-0.39, 0.29) is 66.7 Å². The second kappa shape index (κ2) is 14.6. The zero-order valence-corrected chi connectivity index (χ0v) is 30.2. The number of benzene rings is 3. The van der Waals surface area contributed by atoms with Gasteiger partial charge in [-0.1, -0.05) is 12.1 Å². The minimum Gasteiger partial charge on any atom is -0.493 e. The van der Waals surface area contributed by atoms with Crippen LogP contribution in [0.2, 0.25) is 0 Å². The zero-order valence-electron chi connectivity index (χ0n) is 30.2. The lowest BCUT2D eigenvalue weighted by Crippen LogP contribution is -2.62. The fraction of sp³-hybridized carbons (Fsp3) is 0.375. The Morgan fingerprint density at radius 1 is 0.964 bits per heavy atom. The molecule has 1 N–H and O–H groups in total. The van der Waals surface area contributed by atoms with E-state index in [2.05, 4.69) is 15.3 Å². The molecule has 1 unspecified atom stereocenters. The van der Waals surface area contributed by atoms with Crippen molar-refractivity contribution in [1.29, 1.82) is 0 Å². The van der Waals surface area contributed by atoms with Crippen LogP contribution in [0.5, 0.6) is 23.1 Å². The predicted octanol–water partition coefficient (Wildman–Crippen LogP) is 4.25. The molecule has 0 bridgehead atoms. The third-order valence-electron chi connectivity index (χ3n) is 11.0. The number of nitrogens with zero attached hydrogens (tertiary/aromatic N) is 5. The fourth-order valence-electron chi connectivity index (χ4n) is 7.92. The first kappa shape index (κ1) is 35.9. The molecule has 14 nitrogen and oxygen atoms in total. The van der Waals surface area contributed by atoms with E-state index in [0.29, 0.717) is 78.1 Å². The molecule has 1 atom stereocenters. The van der Waals surface area contributed by atoms with Crippen LogP contribution in [0.3, 0.4) is 0 Å². The van der Waals surface area contributed by atoms with Crippen LogP contribution in [0.4, 0.5) is 4.39 Å². The lowest BCUT2D eigenvalue weighted by Gasteiger charge is -2.54. The lowest BCUT2D eigenvalue weighted by atomic mass is 9.71. The highest BCUT2D eigenvalue weighted by Crippen LogP contribution is 2.41. The van der Waals surface area contributed by atoms with Crippen LogP contribution in [0.15, 0.2) is 60.9 Å². The summed E-state index contributed by atoms with van der Waals surface area (Å²) in [4.78, 5) is 77.3. The van der Waals surface area contributed by atoms with E-state index in [1.807, 2.05) is 9.80 Å². The normalized spacial score (nSPS) is 18.9. The first-order valence-corrected chi connectivity index (χ1v) is 18.3. The molecule has 4 aromatic rings. The van der Waals surface area contributed by atoms with Gasteiger partial charge in [0, 0.05) is 68.2 Å². The number of carbonyl (C=O) groups excluding carboxylic acids is 5. The van der Waals surface area contributed by atoms with Crippen LogP contribution in [0.1, 0.15) is 64.8 Å². The second-order valence-electron chi connectivity index (χ2n) is 14.5. The molecule has 4 aliphatic rings. The first-order valence-electron chi connectivity index (χ1n) is 18.3. The standard InChI is InChI=1S/C40H39FN6O8/c1-53-32-18-27-29(42-23-43-37(27)55-31-6-3-2-5-28(31)41)19-33(32)54-16-4-7-35(49)46-21-40(22-46)12-14-45(15-13-40)38(51)24-8-9-26-25(17-24)20-47(39(26)52)30-10-11-34(48)44-36(30)50/h2-3,5-6,8-9,17-19,23,30H,4,7,10-16,20-22H2,1H3,(H,44,48,50). The summed E-state index contributed by atoms with van der Waals surface area (Å²) < 4.78 is 31.5. The summed E-state index contributed by atoms with van der Waals surface area (Å²) in [6.07, 6.45) is 4.18. The largest absolute Gasteiger partial charge is 0.493 e. The monoisotopic (exact) mass is 750 g/mol. The molecule has 8 rings (SSSR count). The number of likely N-dealkylation sites (tertiary alicyclic amines) is 2. The Bertz CT molecular complexity index is 2220. The molecule has 3 aromatic carbocycles. The van der Waals surface area contributed by atoms with Crippen LogP contribution in [0.25, 0.3) is 10.9 Å². The van der Waals surface area contributed by atoms with Gasteiger partial charge in [0.15, 0.2) is 23.1 Å². The van der Waals surface area contributed by atoms with E-state index < -0.39 is 17.8 Å². The maximum Gasteiger partial charge on any atom is 0.255 e. The van der Waals surface area contributed by atoms with Crippen LogP contribution in [-0.2, 0) is 20.9 Å². The van der Waals surface area contributed by atoms with E-state index in [4.69, 9.17) is 14.2 Å². The maximum absolute atomic E-state index is 14.2. The average molecular weight is 751 g/mol. The molecule has 55 heavy (non-hydrogen) atoms. The molecule has 1 aromatic heterocycles. The lowest BCUT2D eigenvalue weighted by molar-refractivity contribution is -0.146. The molecule has 1 spiro atoms. The van der Waals surface area contributed by atoms with Gasteiger partial charge in [-0.15, -0.1) is 0 Å². The average Bonchev–Trinajstić information content (AvgIpc) is 3.50. The Balaban J connectivity index is 0.796. The third-order valence-corrected chi connectivity index (χ3v) is 11.0. The molecule has 4 aliphatic heterocycles. The van der Waals surface area contributed by atoms with Crippen LogP contribution in [-0.4, -0.2) is 100 Å². The summed E-state index contributed by atoms with van der Waals surface area (Å²) in [5.74, 6) is -0.567. The highest BCUT2D eigenvalue weighted by atomic mass is 19.1. The fourth-order valence-corrected chi connectivity index (χ4v) is 7.92. The highest BCUT2D eigenvalue weighted by molar-refractivity contribution is 6.06. The van der Waals surface area contributed by atoms with Gasteiger partial charge >= 0.3 is 0 Å². The summed E-state index contributed by atoms with van der Waals surface area (Å²) in [6, 6.07) is 13.8. The molecule has 5 amide bonds. The van der Waals surface area contributed by atoms with Crippen LogP contribution < -0.4 is 19.5 Å². The minimum absolute atomic E-state index is 0.00901. The summed E-state index contributed by atoms with van der Waals surface area (Å²) >= 11 is 0. The molecular weight excluding hydrogens is 711 g/mol. The van der Waals surface area contributed by atoms with Crippen LogP contribution >= 0.6 is 0 Å². The van der Waals surface area contributed by atoms with Crippen molar-refractivity contribution in [2.45, 2.75) is 51.1 Å². The molecule has 5 heterocycles. The number of imide groups is 1. The van der Waals surface area contributed by atoms with E-state index in [1.54, 1.807) is 42.5 Å². The number of fused-ring (bicyclic) bond motifs is 2. The Kier molecular flexibility index (Phi) is 9.53. The van der Waals surface area contributed by atoms with Crippen LogP contribution in [0, 0.1) is 11.2 Å². The number of hydrogen-bond acceptors (Lipinski definition) is 10. The van der Waals surface area contributed by atoms with Gasteiger partial charge in [-0.3, -0.25) is 29.3 Å². The van der Waals surface area contributed by atoms with Gasteiger partial charge in [0.25, 0.3) is 11.8 Å². The van der Waals surface area contributed by atoms with Crippen molar-refractivity contribution in [3.05, 3.63) is 83.4 Å². The number of piperidine rings is 2. The number of ether oxygens (including phenoxy) is 3. The predicted molar refractivity (Wildman–Crippen MR) is 194 cm³/mol. The summed E-state index contributed by atoms with van der Waals surface area (Å²) in [5, 5.41) is 2.83. The summed E-state index contributed by atoms with van der Waals surface area (Å²) in [7, 11) is 1.51. The molecule has 15 heteroatoms. The van der Waals surface area contributed by atoms with Gasteiger partial charge in [0.1, 0.15) is 12.4 Å². The van der Waals surface area contributed by atoms with E-state index in [1.165, 1.54) is 30.5 Å². The second-order valence-corrected chi connectivity index (χ2v) is 14.5. The number of rotatable bonds is 10. The molecule has 3 saturated heterocycles. The number of amides is 5. The molecule has 3 fully saturated rings. The summed E-state index contributed by atoms with van der Waals surface area (Å²) in [5.41, 5.74) is 2.17. The quantitative estimate of drug-likeness (QED) is 0.183. The Hall–Kier alpha value is -6.12. The Morgan fingerprint density at radius 2 is 1.76 bits per heavy atom. The molecular formula is C40H39FN6O8. The van der Waals surface area contributed by atoms with E-state index in [0.717, 1.165) is 12.8 Å². The highest BCUT2D eigenvalue weighted by Gasteiger charge is 2.47. The Labute approximate surface area is 315 Å². The van der Waals surface area contributed by atoms with Crippen molar-refractivity contribution in [2.75, 3.05) is 39.9 Å². The number of nitrogens with one attached hydrogen (secondary N) is 1. The number of methoxy groups -OCH3 is 1. The number of aromatic nitrogens is 2. The topological polar surface area (TPSA) is 161 Å². The van der Waals surface area contributed by atoms with Gasteiger partial charge < -0.3 is 28.9 Å². The van der Waals surface area contributed by atoms with Crippen molar-refractivity contribution in [3.8, 4) is 23.1 Å². The Morgan fingerprint density at radius 3 is 2.53 bits per heavy atom. The molecule has 0 radical (unpaired) electrons. The smallest absolute Gasteiger partial charge is 0.255 e. The number of carbonyl (C=O) groups is 5. The van der Waals surface area contributed by atoms with Gasteiger partial charge in [-0.25, -0.2) is 14.4 Å². The number of para-hydroxylation sites is 1.